The van der Waals surface area contributed by atoms with Crippen LogP contribution in [0.2, 0.25) is 0 Å². The number of carbonyl (C=O) groups excluding carboxylic acids is 1. The third kappa shape index (κ3) is 4.59. The van der Waals surface area contributed by atoms with Gasteiger partial charge in [-0.05, 0) is 51.8 Å². The molecular formula is C21H24N4OS2. The second-order valence-corrected chi connectivity index (χ2v) is 8.74. The molecule has 7 heteroatoms. The summed E-state index contributed by atoms with van der Waals surface area (Å²) in [6, 6.07) is 6.18. The maximum Gasteiger partial charge on any atom is 0.230 e. The number of benzene rings is 1. The van der Waals surface area contributed by atoms with Gasteiger partial charge in [-0.15, -0.1) is 11.3 Å². The molecule has 0 fully saturated rings. The van der Waals surface area contributed by atoms with Gasteiger partial charge in [0, 0.05) is 23.8 Å². The zero-order chi connectivity index (χ0) is 20.4. The van der Waals surface area contributed by atoms with Crippen LogP contribution in [-0.2, 0) is 10.5 Å². The molecule has 0 aliphatic heterocycles. The first-order valence-corrected chi connectivity index (χ1v) is 10.9. The van der Waals surface area contributed by atoms with Gasteiger partial charge < -0.3 is 0 Å². The van der Waals surface area contributed by atoms with Crippen molar-refractivity contribution in [3.63, 3.8) is 0 Å². The second kappa shape index (κ2) is 8.41. The molecule has 2 aromatic heterocycles. The van der Waals surface area contributed by atoms with Crippen molar-refractivity contribution >= 4 is 39.8 Å². The highest BCUT2D eigenvalue weighted by Gasteiger charge is 2.22. The Morgan fingerprint density at radius 3 is 2.32 bits per heavy atom. The lowest BCUT2D eigenvalue weighted by atomic mass is 10.0. The first kappa shape index (κ1) is 20.5. The molecule has 0 saturated heterocycles. The summed E-state index contributed by atoms with van der Waals surface area (Å²) in [4.78, 5) is 27.7. The average molecular weight is 413 g/mol. The lowest BCUT2D eigenvalue weighted by Crippen LogP contribution is -2.24. The van der Waals surface area contributed by atoms with Crippen molar-refractivity contribution in [1.82, 2.24) is 15.0 Å². The summed E-state index contributed by atoms with van der Waals surface area (Å²) in [6.45, 7) is 11.6. The standard InChI is InChI=1S/C21H24N4OS2/c1-12-7-13(2)20(14(3)8-12)25(17(6)26)21-24-18(11-28-21)10-27-19-9-15(4)22-16(5)23-19/h7-9,11H,10H2,1-6H3. The van der Waals surface area contributed by atoms with Gasteiger partial charge in [0.25, 0.3) is 0 Å². The van der Waals surface area contributed by atoms with Crippen molar-refractivity contribution in [2.45, 2.75) is 52.3 Å². The smallest absolute Gasteiger partial charge is 0.230 e. The molecule has 2 heterocycles. The lowest BCUT2D eigenvalue weighted by molar-refractivity contribution is -0.115. The van der Waals surface area contributed by atoms with Crippen molar-refractivity contribution in [2.75, 3.05) is 4.90 Å². The third-order valence-electron chi connectivity index (χ3n) is 4.22. The number of hydrogen-bond donors (Lipinski definition) is 0. The van der Waals surface area contributed by atoms with Crippen LogP contribution in [0.25, 0.3) is 0 Å². The van der Waals surface area contributed by atoms with Crippen molar-refractivity contribution < 1.29 is 4.79 Å². The summed E-state index contributed by atoms with van der Waals surface area (Å²) in [6.07, 6.45) is 0. The molecule has 0 spiro atoms. The topological polar surface area (TPSA) is 59.0 Å². The Bertz CT molecular complexity index is 986. The van der Waals surface area contributed by atoms with E-state index in [1.807, 2.05) is 39.1 Å². The maximum absolute atomic E-state index is 12.5. The minimum Gasteiger partial charge on any atom is -0.274 e. The van der Waals surface area contributed by atoms with Gasteiger partial charge >= 0.3 is 0 Å². The second-order valence-electron chi connectivity index (χ2n) is 6.91. The predicted octanol–water partition coefficient (Wildman–Crippen LogP) is 5.45. The Balaban J connectivity index is 1.85. The van der Waals surface area contributed by atoms with Gasteiger partial charge in [-0.2, -0.15) is 0 Å². The molecule has 0 radical (unpaired) electrons. The van der Waals surface area contributed by atoms with E-state index in [2.05, 4.69) is 29.0 Å². The van der Waals surface area contributed by atoms with Gasteiger partial charge in [0.2, 0.25) is 5.91 Å². The molecule has 5 nitrogen and oxygen atoms in total. The minimum absolute atomic E-state index is 0.0364. The summed E-state index contributed by atoms with van der Waals surface area (Å²) >= 11 is 3.12. The molecule has 0 saturated carbocycles. The Hall–Kier alpha value is -2.25. The molecule has 146 valence electrons. The number of hydrogen-bond acceptors (Lipinski definition) is 6. The number of thioether (sulfide) groups is 1. The van der Waals surface area contributed by atoms with E-state index in [4.69, 9.17) is 4.98 Å². The van der Waals surface area contributed by atoms with Gasteiger partial charge in [-0.1, -0.05) is 29.5 Å². The van der Waals surface area contributed by atoms with Crippen molar-refractivity contribution in [1.29, 1.82) is 0 Å². The fourth-order valence-corrected chi connectivity index (χ4v) is 5.16. The fourth-order valence-electron chi connectivity index (χ4n) is 3.28. The van der Waals surface area contributed by atoms with E-state index in [0.29, 0.717) is 10.9 Å². The summed E-state index contributed by atoms with van der Waals surface area (Å²) in [5.74, 6) is 1.43. The van der Waals surface area contributed by atoms with Crippen molar-refractivity contribution in [3.05, 3.63) is 57.5 Å². The highest BCUT2D eigenvalue weighted by Crippen LogP contribution is 2.35. The molecule has 0 atom stereocenters. The van der Waals surface area contributed by atoms with E-state index in [0.717, 1.165) is 39.1 Å². The summed E-state index contributed by atoms with van der Waals surface area (Å²) in [7, 11) is 0. The number of thiazole rings is 1. The molecule has 0 aliphatic rings. The first-order chi connectivity index (χ1) is 13.2. The SMILES string of the molecule is CC(=O)N(c1nc(CSc2cc(C)nc(C)n2)cs1)c1c(C)cc(C)cc1C. The van der Waals surface area contributed by atoms with Crippen molar-refractivity contribution in [2.24, 2.45) is 0 Å². The molecular weight excluding hydrogens is 388 g/mol. The van der Waals surface area contributed by atoms with Crippen LogP contribution in [0.1, 0.15) is 40.8 Å². The quantitative estimate of drug-likeness (QED) is 0.412. The van der Waals surface area contributed by atoms with Gasteiger partial charge in [0.05, 0.1) is 11.4 Å². The predicted molar refractivity (Wildman–Crippen MR) is 117 cm³/mol. The van der Waals surface area contributed by atoms with Crippen LogP contribution in [0, 0.1) is 34.6 Å². The summed E-state index contributed by atoms with van der Waals surface area (Å²) in [5.41, 5.74) is 6.16. The van der Waals surface area contributed by atoms with Crippen LogP contribution in [0.3, 0.4) is 0 Å². The fraction of sp³-hybridized carbons (Fsp3) is 0.333. The number of anilines is 2. The van der Waals surface area contributed by atoms with Gasteiger partial charge in [0.1, 0.15) is 10.9 Å². The molecule has 1 aromatic carbocycles. The van der Waals surface area contributed by atoms with Crippen LogP contribution >= 0.6 is 23.1 Å². The van der Waals surface area contributed by atoms with Crippen LogP contribution in [0.15, 0.2) is 28.6 Å². The van der Waals surface area contributed by atoms with Crippen molar-refractivity contribution in [3.8, 4) is 0 Å². The third-order valence-corrected chi connectivity index (χ3v) is 6.03. The average Bonchev–Trinajstić information content (AvgIpc) is 3.03. The van der Waals surface area contributed by atoms with E-state index in [1.54, 1.807) is 23.6 Å². The molecule has 28 heavy (non-hydrogen) atoms. The number of rotatable bonds is 5. The molecule has 3 rings (SSSR count). The Morgan fingerprint density at radius 1 is 1.04 bits per heavy atom. The molecule has 0 N–H and O–H groups in total. The molecule has 1 amide bonds. The number of aromatic nitrogens is 3. The Kier molecular flexibility index (Phi) is 6.15. The number of amides is 1. The Morgan fingerprint density at radius 2 is 1.71 bits per heavy atom. The first-order valence-electron chi connectivity index (χ1n) is 9.02. The normalized spacial score (nSPS) is 10.9. The number of carbonyl (C=O) groups is 1. The van der Waals surface area contributed by atoms with E-state index >= 15 is 0 Å². The highest BCUT2D eigenvalue weighted by atomic mass is 32.2. The van der Waals surface area contributed by atoms with Crippen LogP contribution in [-0.4, -0.2) is 20.9 Å². The molecule has 0 unspecified atom stereocenters. The Labute approximate surface area is 174 Å². The highest BCUT2D eigenvalue weighted by molar-refractivity contribution is 7.98. The summed E-state index contributed by atoms with van der Waals surface area (Å²) in [5, 5.41) is 3.65. The van der Waals surface area contributed by atoms with Crippen LogP contribution in [0.5, 0.6) is 0 Å². The van der Waals surface area contributed by atoms with E-state index in [1.165, 1.54) is 16.9 Å². The zero-order valence-corrected chi connectivity index (χ0v) is 18.7. The lowest BCUT2D eigenvalue weighted by Gasteiger charge is -2.23. The van der Waals surface area contributed by atoms with E-state index in [-0.39, 0.29) is 5.91 Å². The molecule has 0 bridgehead atoms. The molecule has 0 aliphatic carbocycles. The zero-order valence-electron chi connectivity index (χ0n) is 17.0. The summed E-state index contributed by atoms with van der Waals surface area (Å²) < 4.78 is 0. The van der Waals surface area contributed by atoms with Gasteiger partial charge in [-0.25, -0.2) is 15.0 Å². The van der Waals surface area contributed by atoms with Gasteiger partial charge in [-0.3, -0.25) is 9.69 Å². The van der Waals surface area contributed by atoms with Crippen LogP contribution in [0.4, 0.5) is 10.8 Å². The largest absolute Gasteiger partial charge is 0.274 e. The maximum atomic E-state index is 12.5. The number of nitrogens with zero attached hydrogens (tertiary/aromatic N) is 4. The monoisotopic (exact) mass is 412 g/mol. The van der Waals surface area contributed by atoms with E-state index in [9.17, 15) is 4.79 Å². The number of aryl methyl sites for hydroxylation is 5. The molecule has 3 aromatic rings. The van der Waals surface area contributed by atoms with Gasteiger partial charge in [0.15, 0.2) is 5.13 Å². The minimum atomic E-state index is -0.0364. The van der Waals surface area contributed by atoms with E-state index < -0.39 is 0 Å². The van der Waals surface area contributed by atoms with Crippen LogP contribution < -0.4 is 4.90 Å².